The molecule has 2 aromatic heterocycles. The van der Waals surface area contributed by atoms with Crippen LogP contribution in [0.5, 0.6) is 5.75 Å². The van der Waals surface area contributed by atoms with Gasteiger partial charge in [0.15, 0.2) is 5.82 Å². The van der Waals surface area contributed by atoms with Gasteiger partial charge in [0, 0.05) is 19.5 Å². The maximum absolute atomic E-state index is 13.1. The lowest BCUT2D eigenvalue weighted by atomic mass is 10.1. The zero-order valence-electron chi connectivity index (χ0n) is 16.4. The Hall–Kier alpha value is -3.50. The molecule has 0 aliphatic rings. The number of imidazole rings is 1. The van der Waals surface area contributed by atoms with E-state index < -0.39 is 16.2 Å². The summed E-state index contributed by atoms with van der Waals surface area (Å²) >= 11 is 0. The first-order valence-electron chi connectivity index (χ1n) is 8.87. The summed E-state index contributed by atoms with van der Waals surface area (Å²) in [5.74, 6) is -0.765. The Kier molecular flexibility index (Phi) is 4.67. The number of fused-ring (bicyclic) bond motifs is 2. The van der Waals surface area contributed by atoms with Crippen molar-refractivity contribution in [2.75, 3.05) is 21.2 Å². The molecule has 10 heteroatoms. The average molecular weight is 426 g/mol. The normalized spacial score (nSPS) is 12.0. The van der Waals surface area contributed by atoms with Crippen LogP contribution in [0.25, 0.3) is 33.5 Å². The van der Waals surface area contributed by atoms with Crippen LogP contribution >= 0.6 is 0 Å². The van der Waals surface area contributed by atoms with Gasteiger partial charge in [0.25, 0.3) is 0 Å². The van der Waals surface area contributed by atoms with Crippen molar-refractivity contribution in [1.82, 2.24) is 18.2 Å². The van der Waals surface area contributed by atoms with E-state index in [1.807, 2.05) is 0 Å². The molecule has 9 nitrogen and oxygen atoms in total. The van der Waals surface area contributed by atoms with Gasteiger partial charge in [0.05, 0.1) is 29.2 Å². The molecule has 4 rings (SSSR count). The minimum absolute atomic E-state index is 0.0400. The van der Waals surface area contributed by atoms with E-state index in [-0.39, 0.29) is 17.1 Å². The molecule has 0 saturated heterocycles. The zero-order chi connectivity index (χ0) is 21.6. The van der Waals surface area contributed by atoms with Crippen molar-refractivity contribution in [3.8, 4) is 17.3 Å². The summed E-state index contributed by atoms with van der Waals surface area (Å²) in [4.78, 5) is 20.9. The van der Waals surface area contributed by atoms with Crippen LogP contribution in [0, 0.1) is 0 Å². The summed E-state index contributed by atoms with van der Waals surface area (Å²) in [6.45, 7) is 0. The second kappa shape index (κ2) is 7.08. The topological polar surface area (TPSA) is 115 Å². The highest BCUT2D eigenvalue weighted by atomic mass is 32.2. The SMILES string of the molecule is COc1ccc2nc(-c3nc4ccccc4n3S(=O)(=O)N(C)C)c(C(=O)O)cc2c1. The molecule has 30 heavy (non-hydrogen) atoms. The summed E-state index contributed by atoms with van der Waals surface area (Å²) in [6.07, 6.45) is 0. The Balaban J connectivity index is 2.12. The molecule has 154 valence electrons. The quantitative estimate of drug-likeness (QED) is 0.522. The summed E-state index contributed by atoms with van der Waals surface area (Å²) < 4.78 is 33.4. The van der Waals surface area contributed by atoms with Gasteiger partial charge in [-0.2, -0.15) is 12.7 Å². The molecule has 0 fully saturated rings. The van der Waals surface area contributed by atoms with E-state index in [4.69, 9.17) is 4.74 Å². The summed E-state index contributed by atoms with van der Waals surface area (Å²) in [7, 11) is 0.289. The maximum atomic E-state index is 13.1. The van der Waals surface area contributed by atoms with Gasteiger partial charge in [-0.1, -0.05) is 12.1 Å². The molecule has 2 aromatic carbocycles. The van der Waals surface area contributed by atoms with Crippen LogP contribution < -0.4 is 4.74 Å². The fraction of sp³-hybridized carbons (Fsp3) is 0.150. The van der Waals surface area contributed by atoms with Crippen molar-refractivity contribution in [1.29, 1.82) is 0 Å². The Labute approximate surface area is 172 Å². The van der Waals surface area contributed by atoms with Gasteiger partial charge in [0.2, 0.25) is 0 Å². The van der Waals surface area contributed by atoms with Crippen molar-refractivity contribution in [2.24, 2.45) is 0 Å². The molecule has 0 saturated carbocycles. The highest BCUT2D eigenvalue weighted by Gasteiger charge is 2.28. The number of rotatable bonds is 5. The highest BCUT2D eigenvalue weighted by Crippen LogP contribution is 2.31. The lowest BCUT2D eigenvalue weighted by Crippen LogP contribution is -2.29. The van der Waals surface area contributed by atoms with Gasteiger partial charge >= 0.3 is 16.2 Å². The van der Waals surface area contributed by atoms with Crippen LogP contribution in [0.2, 0.25) is 0 Å². The van der Waals surface area contributed by atoms with Gasteiger partial charge in [-0.05, 0) is 36.4 Å². The summed E-state index contributed by atoms with van der Waals surface area (Å²) in [5, 5.41) is 10.4. The summed E-state index contributed by atoms with van der Waals surface area (Å²) in [5.41, 5.74) is 1.01. The van der Waals surface area contributed by atoms with Crippen LogP contribution in [-0.2, 0) is 10.2 Å². The molecule has 4 aromatic rings. The van der Waals surface area contributed by atoms with E-state index in [1.54, 1.807) is 42.5 Å². The molecule has 0 unspecified atom stereocenters. The Morgan fingerprint density at radius 2 is 1.80 bits per heavy atom. The van der Waals surface area contributed by atoms with E-state index in [0.717, 1.165) is 8.28 Å². The number of ether oxygens (including phenoxy) is 1. The molecule has 1 N–H and O–H groups in total. The fourth-order valence-corrected chi connectivity index (χ4v) is 4.24. The molecule has 0 atom stereocenters. The number of carbonyl (C=O) groups is 1. The van der Waals surface area contributed by atoms with E-state index in [0.29, 0.717) is 27.7 Å². The number of aromatic carboxylic acids is 1. The molecule has 0 radical (unpaired) electrons. The van der Waals surface area contributed by atoms with Crippen molar-refractivity contribution >= 4 is 38.1 Å². The Morgan fingerprint density at radius 1 is 1.07 bits per heavy atom. The van der Waals surface area contributed by atoms with Crippen LogP contribution in [0.15, 0.2) is 48.5 Å². The number of hydrogen-bond acceptors (Lipinski definition) is 6. The molecular formula is C20H18N4O5S. The number of methoxy groups -OCH3 is 1. The molecule has 0 aliphatic carbocycles. The van der Waals surface area contributed by atoms with E-state index >= 15 is 0 Å². The molecule has 0 aliphatic heterocycles. The van der Waals surface area contributed by atoms with E-state index in [2.05, 4.69) is 9.97 Å². The number of hydrogen-bond donors (Lipinski definition) is 1. The third-order valence-electron chi connectivity index (χ3n) is 4.68. The first-order valence-corrected chi connectivity index (χ1v) is 10.3. The van der Waals surface area contributed by atoms with Gasteiger partial charge in [-0.25, -0.2) is 18.7 Å². The number of nitrogens with zero attached hydrogens (tertiary/aromatic N) is 4. The molecule has 2 heterocycles. The molecule has 0 bridgehead atoms. The lowest BCUT2D eigenvalue weighted by molar-refractivity contribution is 0.0697. The number of carboxylic acids is 1. The minimum Gasteiger partial charge on any atom is -0.497 e. The highest BCUT2D eigenvalue weighted by molar-refractivity contribution is 7.87. The first kappa shape index (κ1) is 19.8. The zero-order valence-corrected chi connectivity index (χ0v) is 17.2. The molecule has 0 spiro atoms. The predicted molar refractivity (Wildman–Crippen MR) is 112 cm³/mol. The lowest BCUT2D eigenvalue weighted by Gasteiger charge is -2.16. The van der Waals surface area contributed by atoms with Gasteiger partial charge in [0.1, 0.15) is 11.4 Å². The molecular weight excluding hydrogens is 408 g/mol. The second-order valence-electron chi connectivity index (χ2n) is 6.73. The standard InChI is InChI=1S/C20H18N4O5S/c1-23(2)30(27,28)24-17-7-5-4-6-16(17)22-19(24)18-14(20(25)26)11-12-10-13(29-3)8-9-15(12)21-18/h4-11H,1-3H3,(H,25,26). The van der Waals surface area contributed by atoms with Crippen molar-refractivity contribution in [2.45, 2.75) is 0 Å². The number of benzene rings is 2. The third kappa shape index (κ3) is 3.06. The third-order valence-corrected chi connectivity index (χ3v) is 6.43. The first-order chi connectivity index (χ1) is 14.2. The van der Waals surface area contributed by atoms with Crippen molar-refractivity contribution in [3.05, 3.63) is 54.1 Å². The largest absolute Gasteiger partial charge is 0.497 e. The van der Waals surface area contributed by atoms with E-state index in [1.165, 1.54) is 27.3 Å². The number of aromatic nitrogens is 3. The monoisotopic (exact) mass is 426 g/mol. The predicted octanol–water partition coefficient (Wildman–Crippen LogP) is 2.61. The van der Waals surface area contributed by atoms with Gasteiger partial charge in [-0.3, -0.25) is 0 Å². The molecule has 0 amide bonds. The fourth-order valence-electron chi connectivity index (χ4n) is 3.17. The average Bonchev–Trinajstić information content (AvgIpc) is 3.12. The van der Waals surface area contributed by atoms with Crippen LogP contribution in [0.3, 0.4) is 0 Å². The maximum Gasteiger partial charge on any atom is 0.338 e. The Morgan fingerprint density at radius 3 is 2.47 bits per heavy atom. The van der Waals surface area contributed by atoms with Gasteiger partial charge in [-0.15, -0.1) is 0 Å². The summed E-state index contributed by atoms with van der Waals surface area (Å²) in [6, 6.07) is 13.2. The van der Waals surface area contributed by atoms with Crippen molar-refractivity contribution in [3.63, 3.8) is 0 Å². The van der Waals surface area contributed by atoms with Crippen LogP contribution in [-0.4, -0.2) is 58.9 Å². The Bertz CT molecular complexity index is 1410. The minimum atomic E-state index is -4.01. The number of carboxylic acid groups (broad SMARTS) is 1. The van der Waals surface area contributed by atoms with Crippen molar-refractivity contribution < 1.29 is 23.1 Å². The van der Waals surface area contributed by atoms with Crippen LogP contribution in [0.4, 0.5) is 0 Å². The number of para-hydroxylation sites is 2. The smallest absolute Gasteiger partial charge is 0.338 e. The van der Waals surface area contributed by atoms with Crippen LogP contribution in [0.1, 0.15) is 10.4 Å². The van der Waals surface area contributed by atoms with E-state index in [9.17, 15) is 18.3 Å². The number of pyridine rings is 1. The van der Waals surface area contributed by atoms with Gasteiger partial charge < -0.3 is 9.84 Å². The second-order valence-corrected chi connectivity index (χ2v) is 8.72.